The van der Waals surface area contributed by atoms with E-state index in [0.29, 0.717) is 25.6 Å². The first-order chi connectivity index (χ1) is 18.1. The molecular formula is C23H28F2N8O3S2. The standard InChI is InChI=1S/C23H28F2N8O3S2/c1-31(2)22-26-12-16(13-27-22)14-32-7-9-33(10-8-32)38(34,35)30-19-11-20(36-3)29-23(28-19)37-15-17-5-4-6-18(24)21(17)25/h4-6,11-13H,7-10,14-15H2,1-3H3,(H,28,29,30). The number of benzene rings is 1. The summed E-state index contributed by atoms with van der Waals surface area (Å²) in [6.45, 7) is 2.25. The number of halogens is 2. The summed E-state index contributed by atoms with van der Waals surface area (Å²) in [7, 11) is 1.22. The molecule has 0 bridgehead atoms. The molecule has 0 unspecified atom stereocenters. The number of piperazine rings is 1. The predicted octanol–water partition coefficient (Wildman–Crippen LogP) is 2.39. The maximum Gasteiger partial charge on any atom is 0.302 e. The third kappa shape index (κ3) is 7.03. The second-order valence-corrected chi connectivity index (χ2v) is 11.3. The first-order valence-corrected chi connectivity index (χ1v) is 14.0. The van der Waals surface area contributed by atoms with E-state index in [1.807, 2.05) is 19.0 Å². The zero-order valence-electron chi connectivity index (χ0n) is 21.1. The minimum absolute atomic E-state index is 0.0135. The highest BCUT2D eigenvalue weighted by atomic mass is 32.2. The molecule has 38 heavy (non-hydrogen) atoms. The van der Waals surface area contributed by atoms with Gasteiger partial charge in [-0.15, -0.1) is 0 Å². The van der Waals surface area contributed by atoms with Gasteiger partial charge < -0.3 is 9.64 Å². The van der Waals surface area contributed by atoms with Gasteiger partial charge in [0.25, 0.3) is 0 Å². The summed E-state index contributed by atoms with van der Waals surface area (Å²) in [4.78, 5) is 21.0. The molecule has 1 N–H and O–H groups in total. The molecule has 0 amide bonds. The van der Waals surface area contributed by atoms with Crippen LogP contribution in [0.1, 0.15) is 11.1 Å². The fourth-order valence-corrected chi connectivity index (χ4v) is 5.64. The number of aromatic nitrogens is 4. The Morgan fingerprint density at radius 3 is 2.47 bits per heavy atom. The molecule has 1 fully saturated rings. The highest BCUT2D eigenvalue weighted by molar-refractivity contribution is 7.98. The molecule has 204 valence electrons. The van der Waals surface area contributed by atoms with Gasteiger partial charge in [0.15, 0.2) is 16.8 Å². The first-order valence-electron chi connectivity index (χ1n) is 11.6. The lowest BCUT2D eigenvalue weighted by Gasteiger charge is -2.33. The van der Waals surface area contributed by atoms with Crippen LogP contribution in [0, 0.1) is 11.6 Å². The molecule has 3 aromatic rings. The molecule has 15 heteroatoms. The molecule has 0 saturated carbocycles. The Kier molecular flexibility index (Phi) is 8.91. The quantitative estimate of drug-likeness (QED) is 0.290. The van der Waals surface area contributed by atoms with E-state index in [2.05, 4.69) is 29.6 Å². The van der Waals surface area contributed by atoms with Crippen LogP contribution >= 0.6 is 11.8 Å². The van der Waals surface area contributed by atoms with E-state index in [4.69, 9.17) is 4.74 Å². The van der Waals surface area contributed by atoms with Crippen molar-refractivity contribution in [1.29, 1.82) is 0 Å². The molecule has 1 saturated heterocycles. The number of anilines is 2. The van der Waals surface area contributed by atoms with E-state index in [-0.39, 0.29) is 41.3 Å². The van der Waals surface area contributed by atoms with Crippen LogP contribution in [-0.4, -0.2) is 84.9 Å². The monoisotopic (exact) mass is 566 g/mol. The van der Waals surface area contributed by atoms with Crippen molar-refractivity contribution in [3.63, 3.8) is 0 Å². The number of ether oxygens (including phenoxy) is 1. The average Bonchev–Trinajstić information content (AvgIpc) is 2.89. The van der Waals surface area contributed by atoms with E-state index in [9.17, 15) is 17.2 Å². The first kappa shape index (κ1) is 27.9. The van der Waals surface area contributed by atoms with Crippen LogP contribution in [0.2, 0.25) is 0 Å². The Bertz CT molecular complexity index is 1360. The molecule has 4 rings (SSSR count). The number of nitrogens with zero attached hydrogens (tertiary/aromatic N) is 7. The molecule has 1 aliphatic rings. The molecule has 3 heterocycles. The number of thioether (sulfide) groups is 1. The Labute approximate surface area is 224 Å². The second-order valence-electron chi connectivity index (χ2n) is 8.65. The SMILES string of the molecule is COc1cc(NS(=O)(=O)N2CCN(Cc3cnc(N(C)C)nc3)CC2)nc(SCc2cccc(F)c2F)n1. The Morgan fingerprint density at radius 1 is 1.11 bits per heavy atom. The summed E-state index contributed by atoms with van der Waals surface area (Å²) >= 11 is 1.03. The topological polar surface area (TPSA) is 117 Å². The van der Waals surface area contributed by atoms with Crippen molar-refractivity contribution in [2.24, 2.45) is 0 Å². The molecule has 2 aromatic heterocycles. The van der Waals surface area contributed by atoms with E-state index in [1.54, 1.807) is 12.4 Å². The molecule has 0 spiro atoms. The largest absolute Gasteiger partial charge is 0.481 e. The Hall–Kier alpha value is -3.14. The molecule has 0 atom stereocenters. The number of methoxy groups -OCH3 is 1. The van der Waals surface area contributed by atoms with E-state index >= 15 is 0 Å². The van der Waals surface area contributed by atoms with Gasteiger partial charge in [-0.25, -0.2) is 23.7 Å². The van der Waals surface area contributed by atoms with Gasteiger partial charge >= 0.3 is 10.2 Å². The predicted molar refractivity (Wildman–Crippen MR) is 140 cm³/mol. The summed E-state index contributed by atoms with van der Waals surface area (Å²) in [5.41, 5.74) is 1.09. The van der Waals surface area contributed by atoms with Gasteiger partial charge in [-0.3, -0.25) is 9.62 Å². The molecule has 0 radical (unpaired) electrons. The maximum atomic E-state index is 14.0. The van der Waals surface area contributed by atoms with Gasteiger partial charge in [0.1, 0.15) is 5.82 Å². The van der Waals surface area contributed by atoms with Crippen molar-refractivity contribution in [3.05, 3.63) is 59.4 Å². The zero-order chi connectivity index (χ0) is 27.3. The van der Waals surface area contributed by atoms with Crippen molar-refractivity contribution in [2.45, 2.75) is 17.5 Å². The van der Waals surface area contributed by atoms with Crippen LogP contribution in [0.15, 0.2) is 41.8 Å². The third-order valence-corrected chi connectivity index (χ3v) is 8.09. The average molecular weight is 567 g/mol. The van der Waals surface area contributed by atoms with Crippen molar-refractivity contribution in [1.82, 2.24) is 29.1 Å². The lowest BCUT2D eigenvalue weighted by atomic mass is 10.2. The summed E-state index contributed by atoms with van der Waals surface area (Å²) in [5.74, 6) is -1.07. The second kappa shape index (κ2) is 12.1. The minimum Gasteiger partial charge on any atom is -0.481 e. The molecular weight excluding hydrogens is 538 g/mol. The normalized spacial score (nSPS) is 14.9. The third-order valence-electron chi connectivity index (χ3n) is 5.68. The van der Waals surface area contributed by atoms with Crippen LogP contribution in [0.3, 0.4) is 0 Å². The van der Waals surface area contributed by atoms with E-state index in [0.717, 1.165) is 23.4 Å². The Balaban J connectivity index is 1.37. The summed E-state index contributed by atoms with van der Waals surface area (Å²) in [6, 6.07) is 5.27. The van der Waals surface area contributed by atoms with Crippen molar-refractivity contribution in [3.8, 4) is 5.88 Å². The van der Waals surface area contributed by atoms with Crippen molar-refractivity contribution < 1.29 is 21.9 Å². The maximum absolute atomic E-state index is 14.0. The molecule has 11 nitrogen and oxygen atoms in total. The zero-order valence-corrected chi connectivity index (χ0v) is 22.8. The summed E-state index contributed by atoms with van der Waals surface area (Å²) < 4.78 is 62.6. The lowest BCUT2D eigenvalue weighted by Crippen LogP contribution is -2.49. The molecule has 1 aliphatic heterocycles. The Morgan fingerprint density at radius 2 is 1.82 bits per heavy atom. The summed E-state index contributed by atoms with van der Waals surface area (Å²) in [5, 5.41) is 0.151. The minimum atomic E-state index is -3.91. The molecule has 1 aromatic carbocycles. The van der Waals surface area contributed by atoms with E-state index in [1.165, 1.54) is 29.6 Å². The fourth-order valence-electron chi connectivity index (χ4n) is 3.67. The van der Waals surface area contributed by atoms with Gasteiger partial charge in [-0.1, -0.05) is 23.9 Å². The summed E-state index contributed by atoms with van der Waals surface area (Å²) in [6.07, 6.45) is 3.54. The number of hydrogen-bond donors (Lipinski definition) is 1. The van der Waals surface area contributed by atoms with Crippen molar-refractivity contribution >= 4 is 33.7 Å². The van der Waals surface area contributed by atoms with E-state index < -0.39 is 21.8 Å². The van der Waals surface area contributed by atoms with Gasteiger partial charge in [-0.2, -0.15) is 17.7 Å². The van der Waals surface area contributed by atoms with Gasteiger partial charge in [-0.05, 0) is 6.07 Å². The van der Waals surface area contributed by atoms with Crippen LogP contribution in [0.25, 0.3) is 0 Å². The van der Waals surface area contributed by atoms with Crippen LogP contribution in [-0.2, 0) is 22.5 Å². The van der Waals surface area contributed by atoms with Crippen molar-refractivity contribution in [2.75, 3.05) is 57.0 Å². The number of nitrogens with one attached hydrogen (secondary N) is 1. The van der Waals surface area contributed by atoms with Crippen LogP contribution < -0.4 is 14.4 Å². The van der Waals surface area contributed by atoms with Gasteiger partial charge in [0, 0.05) is 82.2 Å². The number of hydrogen-bond acceptors (Lipinski definition) is 10. The van der Waals surface area contributed by atoms with Gasteiger partial charge in [0.2, 0.25) is 11.8 Å². The smallest absolute Gasteiger partial charge is 0.302 e. The van der Waals surface area contributed by atoms with Gasteiger partial charge in [0.05, 0.1) is 7.11 Å². The van der Waals surface area contributed by atoms with Crippen LogP contribution in [0.5, 0.6) is 5.88 Å². The van der Waals surface area contributed by atoms with Crippen LogP contribution in [0.4, 0.5) is 20.5 Å². The molecule has 0 aliphatic carbocycles. The fraction of sp³-hybridized carbons (Fsp3) is 0.391. The highest BCUT2D eigenvalue weighted by Crippen LogP contribution is 2.26. The lowest BCUT2D eigenvalue weighted by molar-refractivity contribution is 0.182. The number of rotatable bonds is 10. The highest BCUT2D eigenvalue weighted by Gasteiger charge is 2.28.